The number of hydrogen-bond acceptors (Lipinski definition) is 7. The van der Waals surface area contributed by atoms with Crippen LogP contribution < -0.4 is 5.32 Å². The highest BCUT2D eigenvalue weighted by Crippen LogP contribution is 2.29. The first kappa shape index (κ1) is 17.0. The summed E-state index contributed by atoms with van der Waals surface area (Å²) < 4.78 is 11.0. The number of aryl methyl sites for hydroxylation is 2. The van der Waals surface area contributed by atoms with Crippen LogP contribution in [0.2, 0.25) is 0 Å². The second-order valence-electron chi connectivity index (χ2n) is 6.73. The number of aromatic nitrogens is 3. The zero-order valence-corrected chi connectivity index (χ0v) is 15.1. The number of ether oxygens (including phenoxy) is 1. The highest BCUT2D eigenvalue weighted by atomic mass is 16.5. The molecule has 0 saturated carbocycles. The van der Waals surface area contributed by atoms with Gasteiger partial charge in [0.2, 0.25) is 0 Å². The van der Waals surface area contributed by atoms with E-state index in [4.69, 9.17) is 9.26 Å². The van der Waals surface area contributed by atoms with Gasteiger partial charge in [-0.05, 0) is 26.2 Å². The average molecular weight is 357 g/mol. The van der Waals surface area contributed by atoms with Crippen molar-refractivity contribution in [2.45, 2.75) is 38.6 Å². The summed E-state index contributed by atoms with van der Waals surface area (Å²) in [5, 5.41) is 7.13. The molecular formula is C18H23N5O3. The fourth-order valence-electron chi connectivity index (χ4n) is 3.62. The highest BCUT2D eigenvalue weighted by molar-refractivity contribution is 5.94. The molecule has 8 heteroatoms. The van der Waals surface area contributed by atoms with E-state index in [1.54, 1.807) is 4.90 Å². The fraction of sp³-hybridized carbons (Fsp3) is 0.556. The van der Waals surface area contributed by atoms with E-state index < -0.39 is 0 Å². The number of amides is 1. The Kier molecular flexibility index (Phi) is 4.58. The third-order valence-corrected chi connectivity index (χ3v) is 4.97. The van der Waals surface area contributed by atoms with E-state index in [0.29, 0.717) is 31.3 Å². The summed E-state index contributed by atoms with van der Waals surface area (Å²) in [6.45, 7) is 3.26. The van der Waals surface area contributed by atoms with Crippen LogP contribution in [0.15, 0.2) is 10.6 Å². The number of nitrogens with one attached hydrogen (secondary N) is 1. The van der Waals surface area contributed by atoms with Crippen molar-refractivity contribution in [2.75, 3.05) is 32.1 Å². The van der Waals surface area contributed by atoms with Crippen molar-refractivity contribution in [3.8, 4) is 0 Å². The molecule has 1 unspecified atom stereocenters. The van der Waals surface area contributed by atoms with Crippen molar-refractivity contribution in [3.63, 3.8) is 0 Å². The van der Waals surface area contributed by atoms with Gasteiger partial charge in [-0.3, -0.25) is 4.79 Å². The Morgan fingerprint density at radius 1 is 1.31 bits per heavy atom. The smallest absolute Gasteiger partial charge is 0.277 e. The zero-order valence-electron chi connectivity index (χ0n) is 15.1. The molecule has 1 saturated heterocycles. The average Bonchev–Trinajstić information content (AvgIpc) is 3.11. The van der Waals surface area contributed by atoms with Crippen LogP contribution >= 0.6 is 0 Å². The third kappa shape index (κ3) is 3.05. The molecule has 1 amide bonds. The summed E-state index contributed by atoms with van der Waals surface area (Å²) in [6.07, 6.45) is 3.85. The molecule has 1 atom stereocenters. The van der Waals surface area contributed by atoms with Gasteiger partial charge in [-0.1, -0.05) is 5.16 Å². The predicted molar refractivity (Wildman–Crippen MR) is 94.1 cm³/mol. The Morgan fingerprint density at radius 3 is 3.00 bits per heavy atom. The maximum absolute atomic E-state index is 13.2. The molecular weight excluding hydrogens is 334 g/mol. The number of fused-ring (bicyclic) bond motifs is 1. The Labute approximate surface area is 151 Å². The topological polar surface area (TPSA) is 93.4 Å². The quantitative estimate of drug-likeness (QED) is 0.897. The summed E-state index contributed by atoms with van der Waals surface area (Å²) >= 11 is 0. The second kappa shape index (κ2) is 7.03. The molecule has 0 spiro atoms. The van der Waals surface area contributed by atoms with Gasteiger partial charge in [0, 0.05) is 37.3 Å². The molecule has 138 valence electrons. The molecule has 3 heterocycles. The fourth-order valence-corrected chi connectivity index (χ4v) is 3.62. The first-order chi connectivity index (χ1) is 12.7. The number of hydrogen-bond donors (Lipinski definition) is 1. The van der Waals surface area contributed by atoms with Gasteiger partial charge >= 0.3 is 0 Å². The van der Waals surface area contributed by atoms with E-state index in [-0.39, 0.29) is 11.9 Å². The lowest BCUT2D eigenvalue weighted by Crippen LogP contribution is -2.44. The van der Waals surface area contributed by atoms with Crippen LogP contribution in [0.25, 0.3) is 0 Å². The second-order valence-corrected chi connectivity index (χ2v) is 6.73. The van der Waals surface area contributed by atoms with Crippen LogP contribution in [0.3, 0.4) is 0 Å². The van der Waals surface area contributed by atoms with E-state index in [9.17, 15) is 4.79 Å². The van der Waals surface area contributed by atoms with Crippen LogP contribution in [-0.4, -0.2) is 52.7 Å². The molecule has 8 nitrogen and oxygen atoms in total. The lowest BCUT2D eigenvalue weighted by molar-refractivity contribution is -0.00577. The van der Waals surface area contributed by atoms with E-state index in [2.05, 4.69) is 20.4 Å². The van der Waals surface area contributed by atoms with Crippen LogP contribution in [0, 0.1) is 6.92 Å². The van der Waals surface area contributed by atoms with Crippen molar-refractivity contribution < 1.29 is 14.1 Å². The Bertz CT molecular complexity index is 819. The first-order valence-electron chi connectivity index (χ1n) is 9.07. The molecule has 2 aromatic rings. The van der Waals surface area contributed by atoms with Crippen molar-refractivity contribution in [1.29, 1.82) is 0 Å². The number of carbonyl (C=O) groups excluding carboxylic acids is 1. The molecule has 1 aliphatic heterocycles. The van der Waals surface area contributed by atoms with Gasteiger partial charge in [0.1, 0.15) is 17.6 Å². The summed E-state index contributed by atoms with van der Waals surface area (Å²) in [4.78, 5) is 24.1. The van der Waals surface area contributed by atoms with Crippen molar-refractivity contribution in [1.82, 2.24) is 20.0 Å². The number of rotatable bonds is 3. The number of nitrogens with zero attached hydrogens (tertiary/aromatic N) is 4. The third-order valence-electron chi connectivity index (χ3n) is 4.97. The molecule has 26 heavy (non-hydrogen) atoms. The van der Waals surface area contributed by atoms with E-state index in [0.717, 1.165) is 48.5 Å². The Balaban J connectivity index is 1.66. The molecule has 0 bridgehead atoms. The van der Waals surface area contributed by atoms with E-state index in [1.165, 1.54) is 0 Å². The minimum Gasteiger partial charge on any atom is -0.377 e. The minimum absolute atomic E-state index is 0.124. The molecule has 1 fully saturated rings. The molecule has 2 aliphatic rings. The SMILES string of the molecule is CNc1cc(C)nc(C2COCCN2C(=O)c2noc3c2CCCC3)n1. The summed E-state index contributed by atoms with van der Waals surface area (Å²) in [5.41, 5.74) is 2.25. The standard InChI is InChI=1S/C18H23N5O3/c1-11-9-15(19-2)21-17(20-11)13-10-25-8-7-23(13)18(24)16-12-5-3-4-6-14(12)26-22-16/h9,13H,3-8,10H2,1-2H3,(H,19,20,21). The van der Waals surface area contributed by atoms with Crippen LogP contribution in [-0.2, 0) is 17.6 Å². The number of anilines is 1. The van der Waals surface area contributed by atoms with Crippen molar-refractivity contribution in [3.05, 3.63) is 34.6 Å². The predicted octanol–water partition coefficient (Wildman–Crippen LogP) is 1.91. The van der Waals surface area contributed by atoms with Crippen molar-refractivity contribution in [2.24, 2.45) is 0 Å². The van der Waals surface area contributed by atoms with Gasteiger partial charge in [0.25, 0.3) is 5.91 Å². The minimum atomic E-state index is -0.334. The van der Waals surface area contributed by atoms with E-state index >= 15 is 0 Å². The van der Waals surface area contributed by atoms with Gasteiger partial charge in [0.05, 0.1) is 13.2 Å². The lowest BCUT2D eigenvalue weighted by atomic mass is 9.96. The summed E-state index contributed by atoms with van der Waals surface area (Å²) in [7, 11) is 1.81. The largest absolute Gasteiger partial charge is 0.377 e. The van der Waals surface area contributed by atoms with Gasteiger partial charge in [-0.15, -0.1) is 0 Å². The van der Waals surface area contributed by atoms with Crippen LogP contribution in [0.1, 0.15) is 52.2 Å². The van der Waals surface area contributed by atoms with Crippen LogP contribution in [0.5, 0.6) is 0 Å². The number of carbonyl (C=O) groups is 1. The van der Waals surface area contributed by atoms with Gasteiger partial charge in [-0.2, -0.15) is 0 Å². The molecule has 4 rings (SSSR count). The monoisotopic (exact) mass is 357 g/mol. The Hall–Kier alpha value is -2.48. The summed E-state index contributed by atoms with van der Waals surface area (Å²) in [5.74, 6) is 2.04. The van der Waals surface area contributed by atoms with Crippen molar-refractivity contribution >= 4 is 11.7 Å². The molecule has 1 N–H and O–H groups in total. The molecule has 0 aromatic carbocycles. The maximum Gasteiger partial charge on any atom is 0.277 e. The first-order valence-corrected chi connectivity index (χ1v) is 9.07. The molecule has 1 aliphatic carbocycles. The molecule has 0 radical (unpaired) electrons. The van der Waals surface area contributed by atoms with Gasteiger partial charge in [-0.25, -0.2) is 9.97 Å². The normalized spacial score (nSPS) is 19.9. The summed E-state index contributed by atoms with van der Waals surface area (Å²) in [6, 6.07) is 1.53. The number of morpholine rings is 1. The Morgan fingerprint density at radius 2 is 2.15 bits per heavy atom. The zero-order chi connectivity index (χ0) is 18.1. The van der Waals surface area contributed by atoms with Crippen LogP contribution in [0.4, 0.5) is 5.82 Å². The van der Waals surface area contributed by atoms with Gasteiger partial charge in [0.15, 0.2) is 11.5 Å². The molecule has 2 aromatic heterocycles. The highest BCUT2D eigenvalue weighted by Gasteiger charge is 2.35. The van der Waals surface area contributed by atoms with E-state index in [1.807, 2.05) is 20.0 Å². The lowest BCUT2D eigenvalue weighted by Gasteiger charge is -2.34. The maximum atomic E-state index is 13.2. The van der Waals surface area contributed by atoms with Gasteiger partial charge < -0.3 is 19.5 Å².